The average molecular weight is 1190 g/mol. The Balaban J connectivity index is 0.0000000939. The van der Waals surface area contributed by atoms with E-state index in [-0.39, 0.29) is 0 Å². The number of nitrogens with zero attached hydrogens (tertiary/aromatic N) is 1. The maximum absolute atomic E-state index is 2.49. The van der Waals surface area contributed by atoms with Crippen molar-refractivity contribution in [3.63, 3.8) is 0 Å². The first-order chi connectivity index (χ1) is 45.4. The van der Waals surface area contributed by atoms with Gasteiger partial charge < -0.3 is 4.57 Å². The zero-order valence-electron chi connectivity index (χ0n) is 53.9. The summed E-state index contributed by atoms with van der Waals surface area (Å²) in [6.07, 6.45) is 16.0. The monoisotopic (exact) mass is 1190 g/mol. The van der Waals surface area contributed by atoms with Crippen LogP contribution in [0.2, 0.25) is 0 Å². The second-order valence-electron chi connectivity index (χ2n) is 26.8. The van der Waals surface area contributed by atoms with Gasteiger partial charge in [0.2, 0.25) is 0 Å². The van der Waals surface area contributed by atoms with Gasteiger partial charge in [-0.2, -0.15) is 0 Å². The van der Waals surface area contributed by atoms with Crippen LogP contribution in [-0.4, -0.2) is 4.57 Å². The third-order valence-corrected chi connectivity index (χ3v) is 22.1. The van der Waals surface area contributed by atoms with Crippen LogP contribution in [0, 0.1) is 0 Å². The molecule has 0 fully saturated rings. The quantitative estimate of drug-likeness (QED) is 0.166. The van der Waals surface area contributed by atoms with Gasteiger partial charge in [0.25, 0.3) is 0 Å². The summed E-state index contributed by atoms with van der Waals surface area (Å²) in [5.74, 6) is 0. The molecule has 1 heteroatoms. The molecule has 0 unspecified atom stereocenters. The average Bonchev–Trinajstić information content (AvgIpc) is 1.60. The van der Waals surface area contributed by atoms with Gasteiger partial charge in [-0.3, -0.25) is 0 Å². The summed E-state index contributed by atoms with van der Waals surface area (Å²) >= 11 is 0. The minimum absolute atomic E-state index is 1.00. The molecular weight excluding hydrogens is 1110 g/mol. The first-order valence-electron chi connectivity index (χ1n) is 34.6. The van der Waals surface area contributed by atoms with E-state index in [1.165, 1.54) is 205 Å². The molecule has 0 bridgehead atoms. The predicted molar refractivity (Wildman–Crippen MR) is 389 cm³/mol. The molecular formula is C91H79N. The van der Waals surface area contributed by atoms with E-state index >= 15 is 0 Å². The molecule has 7 aliphatic carbocycles. The highest BCUT2D eigenvalue weighted by atomic mass is 15.0. The maximum atomic E-state index is 2.49. The van der Waals surface area contributed by atoms with Gasteiger partial charge >= 0.3 is 0 Å². The summed E-state index contributed by atoms with van der Waals surface area (Å²) in [6.45, 7) is 10.0. The predicted octanol–water partition coefficient (Wildman–Crippen LogP) is 22.3. The number of para-hydroxylation sites is 1. The Labute approximate surface area is 544 Å². The SMILES string of the molecule is CCc1ccc2c(c1)CCc1ccc3c(c1-2)Cc1ccccc1-3.CCc1cccc2c1Cc1c-2ccc2c1-c1ccccc1CC2.CCc1cccc2c1Cc1cc3c(cc1-2)CCc1ccccc1-3.CCn1c2ccccc2c2ccc3c(c21)-c1ccccc1CC3. The van der Waals surface area contributed by atoms with Crippen LogP contribution >= 0.6 is 0 Å². The van der Waals surface area contributed by atoms with E-state index in [1.807, 2.05) is 0 Å². The van der Waals surface area contributed by atoms with Gasteiger partial charge in [-0.15, -0.1) is 0 Å². The van der Waals surface area contributed by atoms with Crippen LogP contribution in [0.25, 0.3) is 99.7 Å². The summed E-state index contributed by atoms with van der Waals surface area (Å²) in [5, 5.41) is 2.76. The van der Waals surface area contributed by atoms with Gasteiger partial charge in [0.15, 0.2) is 0 Å². The highest BCUT2D eigenvalue weighted by Gasteiger charge is 2.31. The number of aryl methyl sites for hydroxylation is 12. The summed E-state index contributed by atoms with van der Waals surface area (Å²) in [4.78, 5) is 0. The second kappa shape index (κ2) is 23.3. The lowest BCUT2D eigenvalue weighted by Gasteiger charge is -2.23. The van der Waals surface area contributed by atoms with E-state index in [0.717, 1.165) is 57.9 Å². The van der Waals surface area contributed by atoms with Gasteiger partial charge in [0, 0.05) is 28.4 Å². The Kier molecular flexibility index (Phi) is 14.3. The first kappa shape index (κ1) is 56.4. The Morgan fingerprint density at radius 3 is 1.34 bits per heavy atom. The molecule has 20 rings (SSSR count). The normalized spacial score (nSPS) is 13.8. The summed E-state index contributed by atoms with van der Waals surface area (Å²) in [6, 6.07) is 84.4. The second-order valence-corrected chi connectivity index (χ2v) is 26.8. The fourth-order valence-corrected chi connectivity index (χ4v) is 17.6. The molecule has 0 N–H and O–H groups in total. The van der Waals surface area contributed by atoms with E-state index in [2.05, 4.69) is 257 Å². The van der Waals surface area contributed by atoms with Crippen LogP contribution in [0.15, 0.2) is 224 Å². The van der Waals surface area contributed by atoms with Gasteiger partial charge in [0.1, 0.15) is 0 Å². The molecule has 0 spiro atoms. The fourth-order valence-electron chi connectivity index (χ4n) is 17.6. The Hall–Kier alpha value is -9.56. The number of fused-ring (bicyclic) bond motifs is 27. The third kappa shape index (κ3) is 9.32. The molecule has 0 radical (unpaired) electrons. The Morgan fingerprint density at radius 1 is 0.261 bits per heavy atom. The van der Waals surface area contributed by atoms with E-state index in [0.29, 0.717) is 0 Å². The standard InChI is InChI=1S/3C23H20.C22H19N/c1-2-15-7-5-9-20-21(15)13-18-14-22-17(12-23(18)20)11-10-16-6-3-4-8-19(16)22;1-2-15-7-5-9-19-20-13-12-17-11-10-16-6-3-4-8-18(16)23(17)22(20)14-21(15)19;1-2-15-7-11-20-18(13-15)9-8-16-10-12-21-19-6-4-3-5-17(19)14-22(21)23(16)20;1-2-23-20-10-6-5-9-18(20)19-14-13-16-12-11-15-7-3-4-8-17(15)21(16)22(19)23/h3-9,12,14H,2,10-11,13H2,1H3;3-9,12-13H,2,10-11,14H2,1H3;3-7,10-13H,2,8-9,14H2,1H3;3-10,13-14H,2,11-12H2,1H3. The highest BCUT2D eigenvalue weighted by molar-refractivity contribution is 6.13. The maximum Gasteiger partial charge on any atom is 0.0573 e. The van der Waals surface area contributed by atoms with Gasteiger partial charge in [-0.1, -0.05) is 233 Å². The lowest BCUT2D eigenvalue weighted by molar-refractivity contribution is 0.825. The molecule has 7 aliphatic rings. The van der Waals surface area contributed by atoms with E-state index in [9.17, 15) is 0 Å². The van der Waals surface area contributed by atoms with Crippen LogP contribution in [-0.2, 0) is 96.4 Å². The first-order valence-corrected chi connectivity index (χ1v) is 34.6. The topological polar surface area (TPSA) is 4.93 Å². The largest absolute Gasteiger partial charge is 0.340 e. The van der Waals surface area contributed by atoms with Gasteiger partial charge in [-0.05, 0) is 276 Å². The van der Waals surface area contributed by atoms with E-state index in [1.54, 1.807) is 27.8 Å². The Bertz CT molecular complexity index is 5130. The Morgan fingerprint density at radius 2 is 0.685 bits per heavy atom. The lowest BCUT2D eigenvalue weighted by Crippen LogP contribution is -2.07. The number of rotatable bonds is 4. The smallest absolute Gasteiger partial charge is 0.0573 e. The third-order valence-electron chi connectivity index (χ3n) is 22.1. The molecule has 0 saturated carbocycles. The zero-order valence-corrected chi connectivity index (χ0v) is 53.9. The van der Waals surface area contributed by atoms with Crippen molar-refractivity contribution in [2.24, 2.45) is 0 Å². The molecule has 13 aromatic rings. The molecule has 92 heavy (non-hydrogen) atoms. The van der Waals surface area contributed by atoms with Gasteiger partial charge in [-0.25, -0.2) is 0 Å². The van der Waals surface area contributed by atoms with Crippen molar-refractivity contribution in [1.82, 2.24) is 4.57 Å². The summed E-state index contributed by atoms with van der Waals surface area (Å²) in [5.41, 5.74) is 49.2. The number of aromatic nitrogens is 1. The van der Waals surface area contributed by atoms with Crippen molar-refractivity contribution in [2.75, 3.05) is 0 Å². The molecule has 1 heterocycles. The van der Waals surface area contributed by atoms with Crippen molar-refractivity contribution in [3.05, 3.63) is 319 Å². The molecule has 1 aromatic heterocycles. The van der Waals surface area contributed by atoms with Crippen molar-refractivity contribution >= 4 is 21.8 Å². The van der Waals surface area contributed by atoms with E-state index < -0.39 is 0 Å². The van der Waals surface area contributed by atoms with Gasteiger partial charge in [0.05, 0.1) is 5.52 Å². The van der Waals surface area contributed by atoms with Crippen molar-refractivity contribution < 1.29 is 0 Å². The number of hydrogen-bond donors (Lipinski definition) is 0. The molecule has 0 aliphatic heterocycles. The molecule has 12 aromatic carbocycles. The van der Waals surface area contributed by atoms with Crippen LogP contribution in [0.3, 0.4) is 0 Å². The molecule has 0 atom stereocenters. The van der Waals surface area contributed by atoms with Crippen LogP contribution in [0.4, 0.5) is 0 Å². The van der Waals surface area contributed by atoms with Crippen molar-refractivity contribution in [1.29, 1.82) is 0 Å². The number of benzene rings is 12. The zero-order chi connectivity index (χ0) is 61.6. The minimum Gasteiger partial charge on any atom is -0.340 e. The van der Waals surface area contributed by atoms with Crippen LogP contribution in [0.5, 0.6) is 0 Å². The van der Waals surface area contributed by atoms with E-state index in [4.69, 9.17) is 0 Å². The minimum atomic E-state index is 1.00. The lowest BCUT2D eigenvalue weighted by atomic mass is 9.81. The summed E-state index contributed by atoms with van der Waals surface area (Å²) < 4.78 is 2.49. The molecule has 1 nitrogen and oxygen atoms in total. The van der Waals surface area contributed by atoms with Crippen LogP contribution in [0.1, 0.15) is 122 Å². The number of hydrogen-bond acceptors (Lipinski definition) is 0. The highest BCUT2D eigenvalue weighted by Crippen LogP contribution is 2.50. The van der Waals surface area contributed by atoms with Crippen LogP contribution < -0.4 is 0 Å². The molecule has 0 saturated heterocycles. The fraction of sp³-hybridized carbons (Fsp3) is 0.209. The van der Waals surface area contributed by atoms with Crippen molar-refractivity contribution in [3.8, 4) is 77.9 Å². The molecule has 0 amide bonds. The summed E-state index contributed by atoms with van der Waals surface area (Å²) in [7, 11) is 0. The molecule has 448 valence electrons. The van der Waals surface area contributed by atoms with Crippen molar-refractivity contribution in [2.45, 2.75) is 124 Å².